The minimum absolute atomic E-state index is 0.0807. The highest BCUT2D eigenvalue weighted by atomic mass is 16.5. The quantitative estimate of drug-likeness (QED) is 0.600. The van der Waals surface area contributed by atoms with E-state index in [1.165, 1.54) is 0 Å². The summed E-state index contributed by atoms with van der Waals surface area (Å²) in [5.41, 5.74) is 1.62. The number of piperazine rings is 1. The minimum Gasteiger partial charge on any atom is -0.457 e. The summed E-state index contributed by atoms with van der Waals surface area (Å²) in [6.45, 7) is 3.61. The lowest BCUT2D eigenvalue weighted by atomic mass is 10.1. The second-order valence-electron chi connectivity index (χ2n) is 8.47. The highest BCUT2D eigenvalue weighted by Gasteiger charge is 2.36. The van der Waals surface area contributed by atoms with E-state index in [0.29, 0.717) is 26.1 Å². The van der Waals surface area contributed by atoms with E-state index in [0.717, 1.165) is 35.8 Å². The topological polar surface area (TPSA) is 53.1 Å². The molecule has 3 aromatic rings. The summed E-state index contributed by atoms with van der Waals surface area (Å²) < 4.78 is 5.86. The van der Waals surface area contributed by atoms with Crippen molar-refractivity contribution in [2.75, 3.05) is 37.6 Å². The van der Waals surface area contributed by atoms with Crippen molar-refractivity contribution in [3.63, 3.8) is 0 Å². The number of nitrogens with zero attached hydrogens (tertiary/aromatic N) is 3. The number of hydrogen-bond acceptors (Lipinski definition) is 4. The Morgan fingerprint density at radius 1 is 0.758 bits per heavy atom. The lowest BCUT2D eigenvalue weighted by Crippen LogP contribution is -2.52. The van der Waals surface area contributed by atoms with Crippen molar-refractivity contribution >= 4 is 17.5 Å². The van der Waals surface area contributed by atoms with Crippen LogP contribution in [0.1, 0.15) is 16.8 Å². The zero-order valence-corrected chi connectivity index (χ0v) is 18.5. The minimum atomic E-state index is 0.0807. The van der Waals surface area contributed by atoms with Crippen molar-refractivity contribution in [2.45, 2.75) is 12.5 Å². The molecule has 1 atom stereocenters. The number of carbonyl (C=O) groups is 2. The van der Waals surface area contributed by atoms with Crippen molar-refractivity contribution in [1.29, 1.82) is 0 Å². The Hall–Kier alpha value is -3.64. The highest BCUT2D eigenvalue weighted by Crippen LogP contribution is 2.28. The Morgan fingerprint density at radius 2 is 1.36 bits per heavy atom. The van der Waals surface area contributed by atoms with Crippen LogP contribution in [0.15, 0.2) is 84.9 Å². The molecule has 0 bridgehead atoms. The fourth-order valence-corrected chi connectivity index (χ4v) is 4.56. The number of anilines is 1. The fourth-order valence-electron chi connectivity index (χ4n) is 4.56. The Kier molecular flexibility index (Phi) is 6.09. The van der Waals surface area contributed by atoms with Crippen LogP contribution in [0.2, 0.25) is 0 Å². The average molecular weight is 442 g/mol. The van der Waals surface area contributed by atoms with E-state index in [1.807, 2.05) is 94.7 Å². The van der Waals surface area contributed by atoms with Gasteiger partial charge >= 0.3 is 0 Å². The molecule has 0 aliphatic carbocycles. The molecule has 2 amide bonds. The van der Waals surface area contributed by atoms with Crippen molar-refractivity contribution < 1.29 is 14.3 Å². The molecule has 2 fully saturated rings. The van der Waals surface area contributed by atoms with Crippen LogP contribution < -0.4 is 9.64 Å². The molecule has 33 heavy (non-hydrogen) atoms. The van der Waals surface area contributed by atoms with E-state index >= 15 is 0 Å². The van der Waals surface area contributed by atoms with Gasteiger partial charge in [0.2, 0.25) is 5.91 Å². The number of rotatable bonds is 5. The number of ether oxygens (including phenoxy) is 1. The number of benzene rings is 3. The molecule has 168 valence electrons. The SMILES string of the molecule is O=C(c1ccccc1)N1CCN(C2CC(=O)N(c3ccc(Oc4ccccc4)cc3)C2)CC1. The predicted octanol–water partition coefficient (Wildman–Crippen LogP) is 4.04. The summed E-state index contributed by atoms with van der Waals surface area (Å²) in [4.78, 5) is 31.6. The van der Waals surface area contributed by atoms with E-state index in [9.17, 15) is 9.59 Å². The van der Waals surface area contributed by atoms with Crippen LogP contribution in [-0.2, 0) is 4.79 Å². The van der Waals surface area contributed by atoms with Gasteiger partial charge in [0.25, 0.3) is 5.91 Å². The van der Waals surface area contributed by atoms with Gasteiger partial charge in [0.15, 0.2) is 0 Å². The van der Waals surface area contributed by atoms with E-state index in [1.54, 1.807) is 0 Å². The molecule has 0 spiro atoms. The molecule has 2 aliphatic heterocycles. The Labute approximate surface area is 194 Å². The molecule has 0 saturated carbocycles. The van der Waals surface area contributed by atoms with Gasteiger partial charge in [0.05, 0.1) is 0 Å². The van der Waals surface area contributed by atoms with E-state index in [-0.39, 0.29) is 17.9 Å². The molecule has 2 heterocycles. The lowest BCUT2D eigenvalue weighted by molar-refractivity contribution is -0.117. The Balaban J connectivity index is 1.17. The lowest BCUT2D eigenvalue weighted by Gasteiger charge is -2.37. The molecule has 2 aliphatic rings. The number of carbonyl (C=O) groups excluding carboxylic acids is 2. The second-order valence-corrected chi connectivity index (χ2v) is 8.47. The third-order valence-corrected chi connectivity index (χ3v) is 6.37. The van der Waals surface area contributed by atoms with Crippen LogP contribution in [0.5, 0.6) is 11.5 Å². The average Bonchev–Trinajstić information content (AvgIpc) is 3.27. The van der Waals surface area contributed by atoms with Crippen molar-refractivity contribution in [1.82, 2.24) is 9.80 Å². The van der Waals surface area contributed by atoms with Crippen LogP contribution >= 0.6 is 0 Å². The van der Waals surface area contributed by atoms with Crippen LogP contribution in [-0.4, -0.2) is 60.4 Å². The highest BCUT2D eigenvalue weighted by molar-refractivity contribution is 5.96. The fraction of sp³-hybridized carbons (Fsp3) is 0.259. The second kappa shape index (κ2) is 9.46. The van der Waals surface area contributed by atoms with Gasteiger partial charge in [0.1, 0.15) is 11.5 Å². The molecule has 6 nitrogen and oxygen atoms in total. The first-order chi connectivity index (χ1) is 16.2. The summed E-state index contributed by atoms with van der Waals surface area (Å²) in [5, 5.41) is 0. The monoisotopic (exact) mass is 441 g/mol. The maximum atomic E-state index is 12.8. The van der Waals surface area contributed by atoms with Gasteiger partial charge in [-0.3, -0.25) is 14.5 Å². The Morgan fingerprint density at radius 3 is 2.03 bits per heavy atom. The van der Waals surface area contributed by atoms with Crippen molar-refractivity contribution in [3.05, 3.63) is 90.5 Å². The normalized spacial score (nSPS) is 19.0. The van der Waals surface area contributed by atoms with Gasteiger partial charge in [0, 0.05) is 56.4 Å². The van der Waals surface area contributed by atoms with Gasteiger partial charge in [-0.25, -0.2) is 0 Å². The molecule has 5 rings (SSSR count). The summed E-state index contributed by atoms with van der Waals surface area (Å²) in [6, 6.07) is 26.9. The van der Waals surface area contributed by atoms with E-state index in [2.05, 4.69) is 4.90 Å². The van der Waals surface area contributed by atoms with Gasteiger partial charge in [-0.05, 0) is 48.5 Å². The number of para-hydroxylation sites is 1. The molecule has 2 saturated heterocycles. The standard InChI is InChI=1S/C27H27N3O3/c31-26-19-23(28-15-17-29(18-16-28)27(32)21-7-3-1-4-8-21)20-30(26)22-11-13-25(14-12-22)33-24-9-5-2-6-10-24/h1-14,23H,15-20H2. The molecule has 0 N–H and O–H groups in total. The zero-order chi connectivity index (χ0) is 22.6. The first-order valence-corrected chi connectivity index (χ1v) is 11.4. The number of amides is 2. The van der Waals surface area contributed by atoms with Gasteiger partial charge in [-0.2, -0.15) is 0 Å². The van der Waals surface area contributed by atoms with Gasteiger partial charge in [-0.1, -0.05) is 36.4 Å². The van der Waals surface area contributed by atoms with E-state index in [4.69, 9.17) is 4.74 Å². The molecular weight excluding hydrogens is 414 g/mol. The van der Waals surface area contributed by atoms with Crippen LogP contribution in [0.25, 0.3) is 0 Å². The van der Waals surface area contributed by atoms with Crippen molar-refractivity contribution in [3.8, 4) is 11.5 Å². The van der Waals surface area contributed by atoms with Crippen molar-refractivity contribution in [2.24, 2.45) is 0 Å². The van der Waals surface area contributed by atoms with Crippen LogP contribution in [0, 0.1) is 0 Å². The summed E-state index contributed by atoms with van der Waals surface area (Å²) in [7, 11) is 0. The predicted molar refractivity (Wildman–Crippen MR) is 128 cm³/mol. The molecule has 3 aromatic carbocycles. The first kappa shape index (κ1) is 21.2. The van der Waals surface area contributed by atoms with Gasteiger partial charge < -0.3 is 14.5 Å². The van der Waals surface area contributed by atoms with Crippen LogP contribution in [0.3, 0.4) is 0 Å². The van der Waals surface area contributed by atoms with Gasteiger partial charge in [-0.15, -0.1) is 0 Å². The van der Waals surface area contributed by atoms with E-state index < -0.39 is 0 Å². The summed E-state index contributed by atoms with van der Waals surface area (Å²) in [5.74, 6) is 1.75. The largest absolute Gasteiger partial charge is 0.457 e. The van der Waals surface area contributed by atoms with Crippen LogP contribution in [0.4, 0.5) is 5.69 Å². The maximum Gasteiger partial charge on any atom is 0.253 e. The molecule has 0 aromatic heterocycles. The third-order valence-electron chi connectivity index (χ3n) is 6.37. The molecule has 6 heteroatoms. The molecule has 1 unspecified atom stereocenters. The summed E-state index contributed by atoms with van der Waals surface area (Å²) in [6.07, 6.45) is 0.509. The molecular formula is C27H27N3O3. The number of hydrogen-bond donors (Lipinski definition) is 0. The summed E-state index contributed by atoms with van der Waals surface area (Å²) >= 11 is 0. The maximum absolute atomic E-state index is 12.8. The zero-order valence-electron chi connectivity index (χ0n) is 18.5. The third kappa shape index (κ3) is 4.76. The first-order valence-electron chi connectivity index (χ1n) is 11.4. The molecule has 0 radical (unpaired) electrons. The Bertz CT molecular complexity index is 1090. The smallest absolute Gasteiger partial charge is 0.253 e.